The molecule has 128 valence electrons. The highest BCUT2D eigenvalue weighted by atomic mass is 16.5. The van der Waals surface area contributed by atoms with Crippen molar-refractivity contribution in [1.82, 2.24) is 4.90 Å². The quantitative estimate of drug-likeness (QED) is 0.885. The number of carbonyl (C=O) groups excluding carboxylic acids is 2. The number of nitrogens with one attached hydrogen (secondary N) is 2. The number of hydrogen-bond acceptors (Lipinski definition) is 3. The van der Waals surface area contributed by atoms with Gasteiger partial charge >= 0.3 is 6.03 Å². The topological polar surface area (TPSA) is 70.7 Å². The molecule has 0 bridgehead atoms. The van der Waals surface area contributed by atoms with E-state index in [0.717, 1.165) is 17.0 Å². The fourth-order valence-electron chi connectivity index (χ4n) is 3.64. The van der Waals surface area contributed by atoms with Gasteiger partial charge in [0.1, 0.15) is 5.75 Å². The van der Waals surface area contributed by atoms with Crippen molar-refractivity contribution in [3.63, 3.8) is 0 Å². The van der Waals surface area contributed by atoms with E-state index in [0.29, 0.717) is 25.2 Å². The molecular weight excluding hydrogens is 318 g/mol. The first-order chi connectivity index (χ1) is 12.1. The Morgan fingerprint density at radius 3 is 2.72 bits per heavy atom. The van der Waals surface area contributed by atoms with Crippen LogP contribution < -0.4 is 15.4 Å². The van der Waals surface area contributed by atoms with Gasteiger partial charge in [-0.25, -0.2) is 4.79 Å². The number of ether oxygens (including phenoxy) is 1. The third-order valence-electron chi connectivity index (χ3n) is 5.02. The summed E-state index contributed by atoms with van der Waals surface area (Å²) in [7, 11) is 1.60. The van der Waals surface area contributed by atoms with E-state index in [9.17, 15) is 9.59 Å². The highest BCUT2D eigenvalue weighted by molar-refractivity contribution is 6.07. The van der Waals surface area contributed by atoms with Crippen LogP contribution in [0.15, 0.2) is 48.5 Å². The van der Waals surface area contributed by atoms with Crippen LogP contribution in [-0.4, -0.2) is 37.0 Å². The smallest absolute Gasteiger partial charge is 0.321 e. The van der Waals surface area contributed by atoms with Crippen molar-refractivity contribution < 1.29 is 14.3 Å². The molecule has 0 aromatic heterocycles. The molecule has 4 rings (SSSR count). The van der Waals surface area contributed by atoms with Crippen molar-refractivity contribution in [2.75, 3.05) is 30.8 Å². The molecule has 25 heavy (non-hydrogen) atoms. The zero-order valence-electron chi connectivity index (χ0n) is 13.9. The number of amides is 3. The Morgan fingerprint density at radius 2 is 1.96 bits per heavy atom. The number of urea groups is 1. The van der Waals surface area contributed by atoms with E-state index in [1.54, 1.807) is 36.3 Å². The average Bonchev–Trinajstić information content (AvgIpc) is 3.20. The molecule has 1 spiro atoms. The molecular formula is C19H19N3O3. The van der Waals surface area contributed by atoms with Crippen molar-refractivity contribution in [3.05, 3.63) is 54.1 Å². The van der Waals surface area contributed by atoms with Gasteiger partial charge in [-0.2, -0.15) is 0 Å². The maximum absolute atomic E-state index is 12.6. The van der Waals surface area contributed by atoms with E-state index in [4.69, 9.17) is 4.74 Å². The molecule has 1 atom stereocenters. The first-order valence-corrected chi connectivity index (χ1v) is 8.23. The van der Waals surface area contributed by atoms with E-state index >= 15 is 0 Å². The van der Waals surface area contributed by atoms with E-state index in [2.05, 4.69) is 10.6 Å². The fraction of sp³-hybridized carbons (Fsp3) is 0.263. The lowest BCUT2D eigenvalue weighted by atomic mass is 9.81. The monoisotopic (exact) mass is 337 g/mol. The molecule has 6 heteroatoms. The summed E-state index contributed by atoms with van der Waals surface area (Å²) in [4.78, 5) is 26.8. The Balaban J connectivity index is 1.50. The fourth-order valence-corrected chi connectivity index (χ4v) is 3.64. The standard InChI is InChI=1S/C19H19N3O3/c1-25-14-8-6-13(7-9-14)20-18(24)22-11-10-19(12-22)15-4-2-3-5-16(15)21-17(19)23/h2-9H,10-12H2,1H3,(H,20,24)(H,21,23). The molecule has 2 heterocycles. The number of methoxy groups -OCH3 is 1. The molecule has 1 saturated heterocycles. The van der Waals surface area contributed by atoms with Gasteiger partial charge in [0.2, 0.25) is 5.91 Å². The van der Waals surface area contributed by atoms with Crippen molar-refractivity contribution in [2.45, 2.75) is 11.8 Å². The minimum absolute atomic E-state index is 0.0200. The number of nitrogens with zero attached hydrogens (tertiary/aromatic N) is 1. The summed E-state index contributed by atoms with van der Waals surface area (Å²) in [5, 5.41) is 5.82. The molecule has 2 aromatic rings. The highest BCUT2D eigenvalue weighted by Crippen LogP contribution is 2.44. The van der Waals surface area contributed by atoms with E-state index in [1.165, 1.54) is 0 Å². The Labute approximate surface area is 145 Å². The largest absolute Gasteiger partial charge is 0.497 e. The summed E-state index contributed by atoms with van der Waals surface area (Å²) < 4.78 is 5.11. The van der Waals surface area contributed by atoms with Gasteiger partial charge in [0.25, 0.3) is 0 Å². The molecule has 2 aliphatic heterocycles. The van der Waals surface area contributed by atoms with E-state index < -0.39 is 5.41 Å². The minimum atomic E-state index is -0.631. The Morgan fingerprint density at radius 1 is 1.20 bits per heavy atom. The van der Waals surface area contributed by atoms with Crippen LogP contribution in [0.4, 0.5) is 16.2 Å². The van der Waals surface area contributed by atoms with Gasteiger partial charge in [-0.3, -0.25) is 4.79 Å². The summed E-state index contributed by atoms with van der Waals surface area (Å²) in [6.07, 6.45) is 0.631. The minimum Gasteiger partial charge on any atom is -0.497 e. The number of carbonyl (C=O) groups is 2. The third-order valence-corrected chi connectivity index (χ3v) is 5.02. The second kappa shape index (κ2) is 5.81. The summed E-state index contributed by atoms with van der Waals surface area (Å²) >= 11 is 0. The molecule has 0 radical (unpaired) electrons. The average molecular weight is 337 g/mol. The number of para-hydroxylation sites is 1. The van der Waals surface area contributed by atoms with Crippen LogP contribution >= 0.6 is 0 Å². The van der Waals surface area contributed by atoms with Gasteiger partial charge in [-0.15, -0.1) is 0 Å². The first-order valence-electron chi connectivity index (χ1n) is 8.23. The van der Waals surface area contributed by atoms with Gasteiger partial charge in [-0.1, -0.05) is 18.2 Å². The molecule has 1 fully saturated rings. The SMILES string of the molecule is COc1ccc(NC(=O)N2CCC3(C2)C(=O)Nc2ccccc23)cc1. The predicted octanol–water partition coefficient (Wildman–Crippen LogP) is 2.82. The third kappa shape index (κ3) is 2.50. The second-order valence-corrected chi connectivity index (χ2v) is 6.41. The van der Waals surface area contributed by atoms with Crippen LogP contribution in [-0.2, 0) is 10.2 Å². The van der Waals surface area contributed by atoms with Gasteiger partial charge in [0, 0.05) is 24.5 Å². The van der Waals surface area contributed by atoms with Gasteiger partial charge in [0.15, 0.2) is 0 Å². The van der Waals surface area contributed by atoms with Crippen LogP contribution in [0.25, 0.3) is 0 Å². The predicted molar refractivity (Wildman–Crippen MR) is 95.0 cm³/mol. The first kappa shape index (κ1) is 15.5. The zero-order chi connectivity index (χ0) is 17.4. The van der Waals surface area contributed by atoms with Crippen molar-refractivity contribution in [2.24, 2.45) is 0 Å². The lowest BCUT2D eigenvalue weighted by Gasteiger charge is -2.22. The molecule has 2 aromatic carbocycles. The Bertz CT molecular complexity index is 834. The summed E-state index contributed by atoms with van der Waals surface area (Å²) in [6.45, 7) is 0.932. The summed E-state index contributed by atoms with van der Waals surface area (Å²) in [5.74, 6) is 0.714. The number of likely N-dealkylation sites (tertiary alicyclic amines) is 1. The number of benzene rings is 2. The maximum atomic E-state index is 12.6. The molecule has 0 saturated carbocycles. The molecule has 1 unspecified atom stereocenters. The number of anilines is 2. The van der Waals surface area contributed by atoms with Crippen molar-refractivity contribution in [1.29, 1.82) is 0 Å². The summed E-state index contributed by atoms with van der Waals surface area (Å²) in [5.41, 5.74) is 1.90. The number of hydrogen-bond donors (Lipinski definition) is 2. The van der Waals surface area contributed by atoms with Crippen molar-refractivity contribution >= 4 is 23.3 Å². The van der Waals surface area contributed by atoms with E-state index in [-0.39, 0.29) is 11.9 Å². The van der Waals surface area contributed by atoms with Gasteiger partial charge < -0.3 is 20.3 Å². The Kier molecular flexibility index (Phi) is 3.60. The second-order valence-electron chi connectivity index (χ2n) is 6.41. The molecule has 6 nitrogen and oxygen atoms in total. The lowest BCUT2D eigenvalue weighted by molar-refractivity contribution is -0.120. The van der Waals surface area contributed by atoms with Gasteiger partial charge in [0.05, 0.1) is 12.5 Å². The van der Waals surface area contributed by atoms with Gasteiger partial charge in [-0.05, 0) is 42.3 Å². The Hall–Kier alpha value is -3.02. The van der Waals surface area contributed by atoms with Crippen LogP contribution in [0.3, 0.4) is 0 Å². The highest BCUT2D eigenvalue weighted by Gasteiger charge is 2.51. The molecule has 2 N–H and O–H groups in total. The number of rotatable bonds is 2. The molecule has 3 amide bonds. The van der Waals surface area contributed by atoms with Crippen LogP contribution in [0.5, 0.6) is 5.75 Å². The molecule has 2 aliphatic rings. The van der Waals surface area contributed by atoms with Crippen molar-refractivity contribution in [3.8, 4) is 5.75 Å². The van der Waals surface area contributed by atoms with E-state index in [1.807, 2.05) is 24.3 Å². The maximum Gasteiger partial charge on any atom is 0.321 e. The van der Waals surface area contributed by atoms with Crippen LogP contribution in [0, 0.1) is 0 Å². The van der Waals surface area contributed by atoms with Crippen LogP contribution in [0.1, 0.15) is 12.0 Å². The lowest BCUT2D eigenvalue weighted by Crippen LogP contribution is -2.40. The normalized spacial score (nSPS) is 21.2. The number of fused-ring (bicyclic) bond motifs is 2. The molecule has 0 aliphatic carbocycles. The zero-order valence-corrected chi connectivity index (χ0v) is 13.9. The summed E-state index contributed by atoms with van der Waals surface area (Å²) in [6, 6.07) is 14.7. The van der Waals surface area contributed by atoms with Crippen LogP contribution in [0.2, 0.25) is 0 Å².